The van der Waals surface area contributed by atoms with Crippen LogP contribution in [-0.2, 0) is 4.79 Å². The highest BCUT2D eigenvalue weighted by molar-refractivity contribution is 5.77. The molecule has 0 aromatic carbocycles. The van der Waals surface area contributed by atoms with E-state index in [0.717, 1.165) is 24.2 Å². The molecular weight excluding hydrogens is 240 g/mol. The van der Waals surface area contributed by atoms with E-state index in [-0.39, 0.29) is 17.9 Å². The lowest BCUT2D eigenvalue weighted by molar-refractivity contribution is -0.122. The third kappa shape index (κ3) is 3.04. The summed E-state index contributed by atoms with van der Waals surface area (Å²) < 4.78 is 0. The van der Waals surface area contributed by atoms with Crippen LogP contribution in [-0.4, -0.2) is 23.5 Å². The first-order valence-electron chi connectivity index (χ1n) is 6.76. The van der Waals surface area contributed by atoms with Crippen molar-refractivity contribution in [3.8, 4) is 0 Å². The molecule has 1 aliphatic heterocycles. The van der Waals surface area contributed by atoms with Crippen molar-refractivity contribution >= 4 is 11.7 Å². The lowest BCUT2D eigenvalue weighted by atomic mass is 9.93. The van der Waals surface area contributed by atoms with Crippen LogP contribution in [0, 0.1) is 5.92 Å². The Bertz CT molecular complexity index is 443. The topological polar surface area (TPSA) is 85.2 Å². The van der Waals surface area contributed by atoms with E-state index in [4.69, 9.17) is 11.5 Å². The minimum Gasteiger partial charge on any atom is -0.369 e. The Labute approximate surface area is 114 Å². The van der Waals surface area contributed by atoms with Gasteiger partial charge in [0.1, 0.15) is 5.82 Å². The molecule has 1 amide bonds. The smallest absolute Gasteiger partial charge is 0.222 e. The van der Waals surface area contributed by atoms with E-state index in [1.54, 1.807) is 6.20 Å². The summed E-state index contributed by atoms with van der Waals surface area (Å²) in [5.41, 5.74) is 12.2. The lowest BCUT2D eigenvalue weighted by Crippen LogP contribution is -2.46. The van der Waals surface area contributed by atoms with Crippen molar-refractivity contribution in [2.45, 2.75) is 38.8 Å². The predicted octanol–water partition coefficient (Wildman–Crippen LogP) is 1.19. The van der Waals surface area contributed by atoms with Crippen LogP contribution in [0.15, 0.2) is 18.3 Å². The second kappa shape index (κ2) is 5.57. The summed E-state index contributed by atoms with van der Waals surface area (Å²) in [5, 5.41) is 0. The third-order valence-electron chi connectivity index (χ3n) is 3.88. The highest BCUT2D eigenvalue weighted by atomic mass is 16.1. The van der Waals surface area contributed by atoms with Crippen molar-refractivity contribution in [1.29, 1.82) is 0 Å². The molecule has 1 aromatic heterocycles. The largest absolute Gasteiger partial charge is 0.369 e. The van der Waals surface area contributed by atoms with Crippen molar-refractivity contribution in [2.75, 3.05) is 11.4 Å². The maximum Gasteiger partial charge on any atom is 0.222 e. The molecule has 1 aliphatic rings. The van der Waals surface area contributed by atoms with Crippen LogP contribution in [0.4, 0.5) is 5.82 Å². The molecule has 1 aromatic rings. The number of rotatable bonds is 3. The van der Waals surface area contributed by atoms with Gasteiger partial charge in [0.2, 0.25) is 5.91 Å². The van der Waals surface area contributed by atoms with Gasteiger partial charge in [0, 0.05) is 24.8 Å². The quantitative estimate of drug-likeness (QED) is 0.857. The van der Waals surface area contributed by atoms with Crippen LogP contribution in [0.25, 0.3) is 0 Å². The first kappa shape index (κ1) is 13.8. The van der Waals surface area contributed by atoms with Gasteiger partial charge < -0.3 is 16.4 Å². The Kier molecular flexibility index (Phi) is 4.04. The molecule has 5 heteroatoms. The van der Waals surface area contributed by atoms with Gasteiger partial charge in [-0.1, -0.05) is 6.07 Å². The maximum atomic E-state index is 11.3. The summed E-state index contributed by atoms with van der Waals surface area (Å²) in [5.74, 6) is 0.595. The summed E-state index contributed by atoms with van der Waals surface area (Å²) in [4.78, 5) is 18.0. The molecule has 0 saturated carbocycles. The number of anilines is 1. The second-order valence-electron chi connectivity index (χ2n) is 5.42. The fourth-order valence-electron chi connectivity index (χ4n) is 2.50. The predicted molar refractivity (Wildman–Crippen MR) is 75.6 cm³/mol. The highest BCUT2D eigenvalue weighted by Gasteiger charge is 2.29. The molecule has 0 aliphatic carbocycles. The number of carbonyl (C=O) groups is 1. The number of piperidine rings is 1. The van der Waals surface area contributed by atoms with Crippen LogP contribution in [0.2, 0.25) is 0 Å². The van der Waals surface area contributed by atoms with Gasteiger partial charge in [0.15, 0.2) is 0 Å². The number of amides is 1. The minimum atomic E-state index is -0.218. The molecule has 3 atom stereocenters. The zero-order valence-electron chi connectivity index (χ0n) is 11.5. The fourth-order valence-corrected chi connectivity index (χ4v) is 2.50. The van der Waals surface area contributed by atoms with Crippen LogP contribution < -0.4 is 16.4 Å². The van der Waals surface area contributed by atoms with E-state index < -0.39 is 0 Å². The van der Waals surface area contributed by atoms with Gasteiger partial charge in [-0.25, -0.2) is 4.98 Å². The Morgan fingerprint density at radius 2 is 2.21 bits per heavy atom. The van der Waals surface area contributed by atoms with Crippen molar-refractivity contribution in [3.63, 3.8) is 0 Å². The number of primary amides is 1. The van der Waals surface area contributed by atoms with E-state index in [2.05, 4.69) is 16.8 Å². The Hall–Kier alpha value is -1.62. The van der Waals surface area contributed by atoms with Crippen LogP contribution in [0.1, 0.15) is 38.3 Å². The van der Waals surface area contributed by atoms with E-state index in [9.17, 15) is 4.79 Å². The van der Waals surface area contributed by atoms with Gasteiger partial charge >= 0.3 is 0 Å². The van der Waals surface area contributed by atoms with E-state index >= 15 is 0 Å². The number of hydrogen-bond donors (Lipinski definition) is 2. The number of aromatic nitrogens is 1. The van der Waals surface area contributed by atoms with Crippen molar-refractivity contribution in [2.24, 2.45) is 17.4 Å². The van der Waals surface area contributed by atoms with Crippen LogP contribution in [0.5, 0.6) is 0 Å². The number of nitrogens with zero attached hydrogens (tertiary/aromatic N) is 2. The Morgan fingerprint density at radius 3 is 2.74 bits per heavy atom. The maximum absolute atomic E-state index is 11.3. The second-order valence-corrected chi connectivity index (χ2v) is 5.42. The number of pyridine rings is 1. The molecule has 1 fully saturated rings. The first-order chi connectivity index (χ1) is 8.99. The van der Waals surface area contributed by atoms with Gasteiger partial charge in [0.05, 0.1) is 5.92 Å². The lowest BCUT2D eigenvalue weighted by Gasteiger charge is -2.37. The average molecular weight is 262 g/mol. The minimum absolute atomic E-state index is 0.0151. The summed E-state index contributed by atoms with van der Waals surface area (Å²) in [6.45, 7) is 4.74. The summed E-state index contributed by atoms with van der Waals surface area (Å²) in [6.07, 6.45) is 3.63. The van der Waals surface area contributed by atoms with Gasteiger partial charge in [-0.2, -0.15) is 0 Å². The Balaban J connectivity index is 2.16. The van der Waals surface area contributed by atoms with Crippen LogP contribution in [0.3, 0.4) is 0 Å². The van der Waals surface area contributed by atoms with E-state index in [1.807, 2.05) is 19.1 Å². The van der Waals surface area contributed by atoms with Gasteiger partial charge in [0.25, 0.3) is 0 Å². The molecule has 19 heavy (non-hydrogen) atoms. The average Bonchev–Trinajstić information content (AvgIpc) is 2.39. The molecule has 0 radical (unpaired) electrons. The molecule has 4 N–H and O–H groups in total. The Morgan fingerprint density at radius 1 is 1.47 bits per heavy atom. The summed E-state index contributed by atoms with van der Waals surface area (Å²) in [7, 11) is 0. The van der Waals surface area contributed by atoms with Crippen molar-refractivity contribution in [3.05, 3.63) is 23.9 Å². The molecule has 0 bridgehead atoms. The molecule has 104 valence electrons. The summed E-state index contributed by atoms with van der Waals surface area (Å²) in [6, 6.07) is 4.33. The van der Waals surface area contributed by atoms with Crippen molar-refractivity contribution < 1.29 is 4.79 Å². The zero-order chi connectivity index (χ0) is 14.0. The molecule has 1 saturated heterocycles. The molecule has 0 spiro atoms. The number of nitrogens with two attached hydrogens (primary N) is 2. The highest BCUT2D eigenvalue weighted by Crippen LogP contribution is 2.26. The SMILES string of the molecule is CC1CCC(C(N)=O)CN1c1ccc([C@H](C)N)cn1. The third-order valence-corrected chi connectivity index (χ3v) is 3.88. The zero-order valence-corrected chi connectivity index (χ0v) is 11.5. The molecule has 2 rings (SSSR count). The van der Waals surface area contributed by atoms with Crippen LogP contribution >= 0.6 is 0 Å². The first-order valence-corrected chi connectivity index (χ1v) is 6.76. The normalized spacial score (nSPS) is 25.1. The monoisotopic (exact) mass is 262 g/mol. The molecule has 2 heterocycles. The molecule has 5 nitrogen and oxygen atoms in total. The molecule has 2 unspecified atom stereocenters. The molecular formula is C14H22N4O. The fraction of sp³-hybridized carbons (Fsp3) is 0.571. The van der Waals surface area contributed by atoms with Gasteiger partial charge in [-0.3, -0.25) is 4.79 Å². The van der Waals surface area contributed by atoms with Crippen molar-refractivity contribution in [1.82, 2.24) is 4.98 Å². The van der Waals surface area contributed by atoms with Gasteiger partial charge in [-0.05, 0) is 38.3 Å². The number of carbonyl (C=O) groups excluding carboxylic acids is 1. The standard InChI is InChI=1S/C14H22N4O/c1-9-3-4-12(14(16)19)8-18(9)13-6-5-11(7-17-13)10(2)15/h5-7,9-10,12H,3-4,8,15H2,1-2H3,(H2,16,19)/t9?,10-,12?/m0/s1. The number of hydrogen-bond acceptors (Lipinski definition) is 4. The summed E-state index contributed by atoms with van der Waals surface area (Å²) >= 11 is 0. The van der Waals surface area contributed by atoms with E-state index in [0.29, 0.717) is 12.6 Å². The van der Waals surface area contributed by atoms with E-state index in [1.165, 1.54) is 0 Å². The van der Waals surface area contributed by atoms with Gasteiger partial charge in [-0.15, -0.1) is 0 Å².